The number of alkyl halides is 3. The van der Waals surface area contributed by atoms with E-state index in [9.17, 15) is 18.3 Å². The second-order valence-electron chi connectivity index (χ2n) is 6.26. The van der Waals surface area contributed by atoms with Gasteiger partial charge in [-0.25, -0.2) is 0 Å². The number of nitrogens with zero attached hydrogens (tertiary/aromatic N) is 2. The van der Waals surface area contributed by atoms with Crippen molar-refractivity contribution in [2.45, 2.75) is 31.9 Å². The molecule has 1 saturated heterocycles. The van der Waals surface area contributed by atoms with Gasteiger partial charge >= 0.3 is 6.18 Å². The lowest BCUT2D eigenvalue weighted by molar-refractivity contribution is -0.208. The molecule has 0 amide bonds. The number of hydrogen-bond acceptors (Lipinski definition) is 4. The lowest BCUT2D eigenvalue weighted by atomic mass is 10.2. The molecule has 1 fully saturated rings. The average molecular weight is 346 g/mol. The fourth-order valence-corrected chi connectivity index (χ4v) is 2.80. The summed E-state index contributed by atoms with van der Waals surface area (Å²) in [5.74, 6) is 0. The Bertz CT molecular complexity index is 484. The highest BCUT2D eigenvalue weighted by molar-refractivity contribution is 5.14. The van der Waals surface area contributed by atoms with Crippen molar-refractivity contribution < 1.29 is 23.0 Å². The number of morpholine rings is 1. The molecule has 1 aromatic rings. The summed E-state index contributed by atoms with van der Waals surface area (Å²) in [5, 5.41) is 9.41. The zero-order valence-electron chi connectivity index (χ0n) is 13.9. The van der Waals surface area contributed by atoms with E-state index in [2.05, 4.69) is 4.90 Å². The van der Waals surface area contributed by atoms with Crippen LogP contribution in [0.4, 0.5) is 13.2 Å². The van der Waals surface area contributed by atoms with Crippen molar-refractivity contribution in [3.8, 4) is 0 Å². The van der Waals surface area contributed by atoms with Gasteiger partial charge in [-0.3, -0.25) is 9.80 Å². The number of hydrogen-bond donors (Lipinski definition) is 1. The molecule has 0 spiro atoms. The summed E-state index contributed by atoms with van der Waals surface area (Å²) in [4.78, 5) is 3.85. The minimum Gasteiger partial charge on any atom is -0.382 e. The monoisotopic (exact) mass is 346 g/mol. The number of halogens is 3. The van der Waals surface area contributed by atoms with Crippen molar-refractivity contribution in [2.24, 2.45) is 0 Å². The van der Waals surface area contributed by atoms with Crippen molar-refractivity contribution >= 4 is 0 Å². The van der Waals surface area contributed by atoms with Gasteiger partial charge in [0.15, 0.2) is 6.10 Å². The Kier molecular flexibility index (Phi) is 7.03. The second kappa shape index (κ2) is 8.80. The maximum absolute atomic E-state index is 12.7. The molecule has 0 aromatic heterocycles. The van der Waals surface area contributed by atoms with E-state index in [4.69, 9.17) is 4.74 Å². The molecule has 7 heteroatoms. The molecule has 1 N–H and O–H groups in total. The largest absolute Gasteiger partial charge is 0.415 e. The van der Waals surface area contributed by atoms with Gasteiger partial charge in [0, 0.05) is 39.3 Å². The minimum absolute atomic E-state index is 0.141. The van der Waals surface area contributed by atoms with Crippen LogP contribution >= 0.6 is 0 Å². The Labute approximate surface area is 140 Å². The van der Waals surface area contributed by atoms with E-state index in [1.807, 2.05) is 37.3 Å². The van der Waals surface area contributed by atoms with Gasteiger partial charge in [-0.15, -0.1) is 0 Å². The number of benzene rings is 1. The highest BCUT2D eigenvalue weighted by Crippen LogP contribution is 2.21. The molecule has 0 bridgehead atoms. The van der Waals surface area contributed by atoms with E-state index in [-0.39, 0.29) is 6.10 Å². The molecule has 2 rings (SSSR count). The van der Waals surface area contributed by atoms with Crippen LogP contribution < -0.4 is 0 Å². The molecule has 2 atom stereocenters. The Hall–Kier alpha value is -1.15. The van der Waals surface area contributed by atoms with Crippen molar-refractivity contribution in [1.82, 2.24) is 9.80 Å². The third kappa shape index (κ3) is 6.39. The summed E-state index contributed by atoms with van der Waals surface area (Å²) in [6.45, 7) is 5.28. The number of aliphatic hydroxyl groups is 1. The van der Waals surface area contributed by atoms with E-state index in [1.54, 1.807) is 4.90 Å². The van der Waals surface area contributed by atoms with Gasteiger partial charge in [0.1, 0.15) is 0 Å². The lowest BCUT2D eigenvalue weighted by Gasteiger charge is -2.33. The molecular formula is C17H25F3N2O2. The minimum atomic E-state index is -4.59. The normalized spacial score (nSPS) is 21.2. The predicted molar refractivity (Wildman–Crippen MR) is 85.6 cm³/mol. The van der Waals surface area contributed by atoms with E-state index < -0.39 is 18.8 Å². The molecule has 1 heterocycles. The van der Waals surface area contributed by atoms with Gasteiger partial charge in [-0.2, -0.15) is 13.2 Å². The standard InChI is InChI=1S/C17H25F3N2O2/c1-14-11-21(9-10-24-14)7-8-22(13-16(23)17(18,19)20)12-15-5-3-2-4-6-15/h2-6,14,16,23H,7-13H2,1H3. The zero-order chi connectivity index (χ0) is 17.6. The van der Waals surface area contributed by atoms with E-state index in [0.29, 0.717) is 26.2 Å². The van der Waals surface area contributed by atoms with Crippen molar-refractivity contribution in [3.63, 3.8) is 0 Å². The molecule has 1 aliphatic heterocycles. The number of ether oxygens (including phenoxy) is 1. The zero-order valence-corrected chi connectivity index (χ0v) is 13.9. The highest BCUT2D eigenvalue weighted by Gasteiger charge is 2.39. The van der Waals surface area contributed by atoms with E-state index in [0.717, 1.165) is 18.7 Å². The Morgan fingerprint density at radius 3 is 2.67 bits per heavy atom. The van der Waals surface area contributed by atoms with Crippen LogP contribution in [0.15, 0.2) is 30.3 Å². The smallest absolute Gasteiger partial charge is 0.382 e. The first-order valence-corrected chi connectivity index (χ1v) is 8.19. The average Bonchev–Trinajstić information content (AvgIpc) is 2.53. The second-order valence-corrected chi connectivity index (χ2v) is 6.26. The molecule has 0 aliphatic carbocycles. The predicted octanol–water partition coefficient (Wildman–Crippen LogP) is 2.13. The van der Waals surface area contributed by atoms with Crippen LogP contribution in [0.3, 0.4) is 0 Å². The maximum atomic E-state index is 12.7. The quantitative estimate of drug-likeness (QED) is 0.821. The van der Waals surface area contributed by atoms with Crippen molar-refractivity contribution in [3.05, 3.63) is 35.9 Å². The van der Waals surface area contributed by atoms with Crippen LogP contribution in [0.1, 0.15) is 12.5 Å². The molecule has 24 heavy (non-hydrogen) atoms. The first-order valence-electron chi connectivity index (χ1n) is 8.19. The summed E-state index contributed by atoms with van der Waals surface area (Å²) >= 11 is 0. The van der Waals surface area contributed by atoms with Crippen LogP contribution in [0, 0.1) is 0 Å². The lowest BCUT2D eigenvalue weighted by Crippen LogP contribution is -2.47. The van der Waals surface area contributed by atoms with Crippen LogP contribution in [0.5, 0.6) is 0 Å². The van der Waals surface area contributed by atoms with Crippen LogP contribution in [0.25, 0.3) is 0 Å². The van der Waals surface area contributed by atoms with Gasteiger partial charge in [-0.1, -0.05) is 30.3 Å². The molecule has 2 unspecified atom stereocenters. The topological polar surface area (TPSA) is 35.9 Å². The van der Waals surface area contributed by atoms with Crippen LogP contribution in [-0.2, 0) is 11.3 Å². The van der Waals surface area contributed by atoms with Gasteiger partial charge in [0.05, 0.1) is 12.7 Å². The SMILES string of the molecule is CC1CN(CCN(Cc2ccccc2)CC(O)C(F)(F)F)CCO1. The van der Waals surface area contributed by atoms with Gasteiger partial charge in [0.2, 0.25) is 0 Å². The fourth-order valence-electron chi connectivity index (χ4n) is 2.80. The molecule has 0 radical (unpaired) electrons. The van der Waals surface area contributed by atoms with E-state index >= 15 is 0 Å². The van der Waals surface area contributed by atoms with Gasteiger partial charge in [-0.05, 0) is 12.5 Å². The van der Waals surface area contributed by atoms with Crippen LogP contribution in [0.2, 0.25) is 0 Å². The summed E-state index contributed by atoms with van der Waals surface area (Å²) < 4.78 is 43.5. The third-order valence-electron chi connectivity index (χ3n) is 4.12. The summed E-state index contributed by atoms with van der Waals surface area (Å²) in [7, 11) is 0. The summed E-state index contributed by atoms with van der Waals surface area (Å²) in [5.41, 5.74) is 0.933. The Morgan fingerprint density at radius 1 is 1.33 bits per heavy atom. The Morgan fingerprint density at radius 2 is 2.04 bits per heavy atom. The summed E-state index contributed by atoms with van der Waals surface area (Å²) in [6, 6.07) is 9.34. The number of rotatable bonds is 7. The molecule has 136 valence electrons. The Balaban J connectivity index is 1.93. The molecule has 0 saturated carbocycles. The number of aliphatic hydroxyl groups excluding tert-OH is 1. The summed E-state index contributed by atoms with van der Waals surface area (Å²) in [6.07, 6.45) is -6.78. The molecule has 1 aromatic carbocycles. The highest BCUT2D eigenvalue weighted by atomic mass is 19.4. The first kappa shape index (κ1) is 19.2. The van der Waals surface area contributed by atoms with Gasteiger partial charge in [0.25, 0.3) is 0 Å². The maximum Gasteiger partial charge on any atom is 0.415 e. The fraction of sp³-hybridized carbons (Fsp3) is 0.647. The molecular weight excluding hydrogens is 321 g/mol. The van der Waals surface area contributed by atoms with Crippen LogP contribution in [-0.4, -0.2) is 72.6 Å². The first-order chi connectivity index (χ1) is 11.3. The third-order valence-corrected chi connectivity index (χ3v) is 4.12. The van der Waals surface area contributed by atoms with Crippen molar-refractivity contribution in [2.75, 3.05) is 39.3 Å². The molecule has 1 aliphatic rings. The molecule has 4 nitrogen and oxygen atoms in total. The van der Waals surface area contributed by atoms with Gasteiger partial charge < -0.3 is 9.84 Å². The van der Waals surface area contributed by atoms with Crippen molar-refractivity contribution in [1.29, 1.82) is 0 Å². The van der Waals surface area contributed by atoms with E-state index in [1.165, 1.54) is 0 Å².